The number of hydrogen-bond acceptors (Lipinski definition) is 5. The molecule has 152 valence electrons. The second-order valence-corrected chi connectivity index (χ2v) is 6.17. The molecule has 0 aliphatic heterocycles. The standard InChI is InChI=1S/C22H28O6/c1-4-26-22(27-5-2)18(14-21(23)24)17-11-12-19(25-3)20(13-17)28-15-16-9-7-6-8-10-16/h6-13,18,22H,4-5,14-15H2,1-3H3,(H,23,24). The molecule has 1 N–H and O–H groups in total. The molecule has 0 saturated heterocycles. The highest BCUT2D eigenvalue weighted by atomic mass is 16.7. The first-order chi connectivity index (χ1) is 13.6. The van der Waals surface area contributed by atoms with Crippen molar-refractivity contribution in [3.8, 4) is 11.5 Å². The fourth-order valence-electron chi connectivity index (χ4n) is 2.94. The van der Waals surface area contributed by atoms with E-state index in [-0.39, 0.29) is 6.42 Å². The van der Waals surface area contributed by atoms with Crippen LogP contribution in [0.15, 0.2) is 48.5 Å². The van der Waals surface area contributed by atoms with Gasteiger partial charge in [-0.15, -0.1) is 0 Å². The average Bonchev–Trinajstić information content (AvgIpc) is 2.71. The summed E-state index contributed by atoms with van der Waals surface area (Å²) in [5.41, 5.74) is 1.79. The van der Waals surface area contributed by atoms with E-state index in [1.54, 1.807) is 19.2 Å². The largest absolute Gasteiger partial charge is 0.493 e. The Morgan fingerprint density at radius 1 is 1.00 bits per heavy atom. The maximum absolute atomic E-state index is 11.4. The van der Waals surface area contributed by atoms with Crippen LogP contribution in [0.4, 0.5) is 0 Å². The number of methoxy groups -OCH3 is 1. The van der Waals surface area contributed by atoms with Crippen LogP contribution in [0.5, 0.6) is 11.5 Å². The zero-order valence-electron chi connectivity index (χ0n) is 16.6. The third-order valence-corrected chi connectivity index (χ3v) is 4.24. The van der Waals surface area contributed by atoms with Gasteiger partial charge in [0.05, 0.1) is 13.5 Å². The minimum atomic E-state index is -0.919. The number of hydrogen-bond donors (Lipinski definition) is 1. The highest BCUT2D eigenvalue weighted by Gasteiger charge is 2.28. The summed E-state index contributed by atoms with van der Waals surface area (Å²) < 4.78 is 22.7. The van der Waals surface area contributed by atoms with Gasteiger partial charge in [0.25, 0.3) is 0 Å². The van der Waals surface area contributed by atoms with Crippen molar-refractivity contribution in [2.45, 2.75) is 39.1 Å². The lowest BCUT2D eigenvalue weighted by atomic mass is 9.94. The van der Waals surface area contributed by atoms with Crippen molar-refractivity contribution < 1.29 is 28.8 Å². The molecule has 2 aromatic carbocycles. The van der Waals surface area contributed by atoms with Crippen LogP contribution in [0.2, 0.25) is 0 Å². The van der Waals surface area contributed by atoms with Crippen molar-refractivity contribution in [1.29, 1.82) is 0 Å². The Morgan fingerprint density at radius 3 is 2.25 bits per heavy atom. The summed E-state index contributed by atoms with van der Waals surface area (Å²) in [6.07, 6.45) is -0.767. The molecule has 0 heterocycles. The smallest absolute Gasteiger partial charge is 0.304 e. The molecule has 0 radical (unpaired) electrons. The van der Waals surface area contributed by atoms with Gasteiger partial charge in [-0.05, 0) is 37.1 Å². The molecular formula is C22H28O6. The van der Waals surface area contributed by atoms with Crippen LogP contribution in [0, 0.1) is 0 Å². The zero-order chi connectivity index (χ0) is 20.4. The summed E-state index contributed by atoms with van der Waals surface area (Å²) in [5.74, 6) is -0.261. The summed E-state index contributed by atoms with van der Waals surface area (Å²) in [4.78, 5) is 11.4. The lowest BCUT2D eigenvalue weighted by molar-refractivity contribution is -0.160. The highest BCUT2D eigenvalue weighted by molar-refractivity contribution is 5.68. The zero-order valence-corrected chi connectivity index (χ0v) is 16.6. The van der Waals surface area contributed by atoms with Crippen molar-refractivity contribution in [3.63, 3.8) is 0 Å². The van der Waals surface area contributed by atoms with E-state index in [0.29, 0.717) is 31.3 Å². The maximum Gasteiger partial charge on any atom is 0.304 e. The van der Waals surface area contributed by atoms with Crippen LogP contribution in [-0.2, 0) is 20.9 Å². The third kappa shape index (κ3) is 6.25. The molecule has 2 aromatic rings. The van der Waals surface area contributed by atoms with Crippen LogP contribution in [0.3, 0.4) is 0 Å². The first-order valence-corrected chi connectivity index (χ1v) is 9.38. The summed E-state index contributed by atoms with van der Waals surface area (Å²) >= 11 is 0. The monoisotopic (exact) mass is 388 g/mol. The van der Waals surface area contributed by atoms with E-state index >= 15 is 0 Å². The molecule has 0 amide bonds. The van der Waals surface area contributed by atoms with Crippen LogP contribution in [0.25, 0.3) is 0 Å². The number of rotatable bonds is 12. The van der Waals surface area contributed by atoms with Gasteiger partial charge in [0.15, 0.2) is 17.8 Å². The van der Waals surface area contributed by atoms with Crippen LogP contribution in [0.1, 0.15) is 37.3 Å². The Labute approximate surface area is 166 Å². The van der Waals surface area contributed by atoms with E-state index in [0.717, 1.165) is 11.1 Å². The molecule has 0 bridgehead atoms. The van der Waals surface area contributed by atoms with Gasteiger partial charge in [-0.2, -0.15) is 0 Å². The Morgan fingerprint density at radius 2 is 1.68 bits per heavy atom. The van der Waals surface area contributed by atoms with E-state index < -0.39 is 18.2 Å². The number of carboxylic acids is 1. The van der Waals surface area contributed by atoms with Crippen LogP contribution >= 0.6 is 0 Å². The van der Waals surface area contributed by atoms with Crippen molar-refractivity contribution >= 4 is 5.97 Å². The number of benzene rings is 2. The van der Waals surface area contributed by atoms with E-state index in [1.165, 1.54) is 0 Å². The number of carbonyl (C=O) groups is 1. The predicted octanol–water partition coefficient (Wildman–Crippen LogP) is 4.23. The Hall–Kier alpha value is -2.57. The summed E-state index contributed by atoms with van der Waals surface area (Å²) in [6, 6.07) is 15.2. The van der Waals surface area contributed by atoms with E-state index in [4.69, 9.17) is 18.9 Å². The molecule has 0 spiro atoms. The lowest BCUT2D eigenvalue weighted by Gasteiger charge is -2.26. The number of carboxylic acid groups (broad SMARTS) is 1. The quantitative estimate of drug-likeness (QED) is 0.549. The van der Waals surface area contributed by atoms with Gasteiger partial charge in [0, 0.05) is 19.1 Å². The van der Waals surface area contributed by atoms with Crippen LogP contribution in [-0.4, -0.2) is 37.7 Å². The summed E-state index contributed by atoms with van der Waals surface area (Å²) in [6.45, 7) is 4.94. The molecule has 28 heavy (non-hydrogen) atoms. The van der Waals surface area contributed by atoms with E-state index in [2.05, 4.69) is 0 Å². The topological polar surface area (TPSA) is 74.2 Å². The van der Waals surface area contributed by atoms with Gasteiger partial charge < -0.3 is 24.1 Å². The normalized spacial score (nSPS) is 12.0. The fraction of sp³-hybridized carbons (Fsp3) is 0.409. The molecule has 2 rings (SSSR count). The number of aliphatic carboxylic acids is 1. The predicted molar refractivity (Wildman–Crippen MR) is 106 cm³/mol. The highest BCUT2D eigenvalue weighted by Crippen LogP contribution is 2.35. The minimum absolute atomic E-state index is 0.116. The Balaban J connectivity index is 2.30. The van der Waals surface area contributed by atoms with Crippen molar-refractivity contribution in [2.24, 2.45) is 0 Å². The second-order valence-electron chi connectivity index (χ2n) is 6.17. The molecule has 1 atom stereocenters. The summed E-state index contributed by atoms with van der Waals surface area (Å²) in [5, 5.41) is 9.39. The van der Waals surface area contributed by atoms with Gasteiger partial charge in [-0.1, -0.05) is 36.4 Å². The van der Waals surface area contributed by atoms with E-state index in [9.17, 15) is 9.90 Å². The van der Waals surface area contributed by atoms with E-state index in [1.807, 2.05) is 50.2 Å². The molecule has 1 unspecified atom stereocenters. The molecule has 0 aromatic heterocycles. The molecule has 6 heteroatoms. The van der Waals surface area contributed by atoms with Gasteiger partial charge in [0.2, 0.25) is 0 Å². The fourth-order valence-corrected chi connectivity index (χ4v) is 2.94. The second kappa shape index (κ2) is 11.3. The SMILES string of the molecule is CCOC(OCC)C(CC(=O)O)c1ccc(OC)c(OCc2ccccc2)c1. The maximum atomic E-state index is 11.4. The van der Waals surface area contributed by atoms with Gasteiger partial charge in [-0.3, -0.25) is 4.79 Å². The van der Waals surface area contributed by atoms with Gasteiger partial charge >= 0.3 is 5.97 Å². The molecular weight excluding hydrogens is 360 g/mol. The molecule has 0 aliphatic rings. The summed E-state index contributed by atoms with van der Waals surface area (Å²) in [7, 11) is 1.57. The Kier molecular flexibility index (Phi) is 8.78. The average molecular weight is 388 g/mol. The third-order valence-electron chi connectivity index (χ3n) is 4.24. The minimum Gasteiger partial charge on any atom is -0.493 e. The lowest BCUT2D eigenvalue weighted by Crippen LogP contribution is -2.28. The Bertz CT molecular complexity index is 725. The van der Waals surface area contributed by atoms with Crippen molar-refractivity contribution in [2.75, 3.05) is 20.3 Å². The molecule has 0 aliphatic carbocycles. The number of ether oxygens (including phenoxy) is 4. The molecule has 0 saturated carbocycles. The van der Waals surface area contributed by atoms with Crippen molar-refractivity contribution in [1.82, 2.24) is 0 Å². The van der Waals surface area contributed by atoms with Crippen molar-refractivity contribution in [3.05, 3.63) is 59.7 Å². The first-order valence-electron chi connectivity index (χ1n) is 9.38. The first kappa shape index (κ1) is 21.7. The molecule has 0 fully saturated rings. The van der Waals surface area contributed by atoms with Gasteiger partial charge in [-0.25, -0.2) is 0 Å². The molecule has 6 nitrogen and oxygen atoms in total. The van der Waals surface area contributed by atoms with Gasteiger partial charge in [0.1, 0.15) is 6.61 Å². The van der Waals surface area contributed by atoms with Crippen LogP contribution < -0.4 is 9.47 Å².